The van der Waals surface area contributed by atoms with Crippen molar-refractivity contribution in [2.45, 2.75) is 19.9 Å². The number of hydrogen-bond acceptors (Lipinski definition) is 1. The van der Waals surface area contributed by atoms with Crippen LogP contribution in [0.4, 0.5) is 10.1 Å². The number of anilines is 1. The van der Waals surface area contributed by atoms with E-state index in [1.807, 2.05) is 16.8 Å². The molecule has 1 N–H and O–H groups in total. The summed E-state index contributed by atoms with van der Waals surface area (Å²) in [6.07, 6.45) is 2.83. The van der Waals surface area contributed by atoms with E-state index in [9.17, 15) is 9.18 Å². The maximum absolute atomic E-state index is 13.1. The molecule has 0 saturated carbocycles. The molecule has 0 aliphatic carbocycles. The van der Waals surface area contributed by atoms with Gasteiger partial charge in [-0.05, 0) is 52.7 Å². The summed E-state index contributed by atoms with van der Waals surface area (Å²) < 4.78 is 15.3. The zero-order valence-electron chi connectivity index (χ0n) is 10.5. The van der Waals surface area contributed by atoms with Gasteiger partial charge in [-0.1, -0.05) is 6.92 Å². The highest BCUT2D eigenvalue weighted by Crippen LogP contribution is 2.20. The first-order chi connectivity index (χ1) is 9.11. The normalized spacial score (nSPS) is 10.5. The maximum atomic E-state index is 13.1. The Balaban J connectivity index is 2.16. The molecule has 2 rings (SSSR count). The summed E-state index contributed by atoms with van der Waals surface area (Å²) in [5.41, 5.74) is 1.16. The predicted octanol–water partition coefficient (Wildman–Crippen LogP) is 4.05. The average molecular weight is 325 g/mol. The van der Waals surface area contributed by atoms with Gasteiger partial charge in [0.25, 0.3) is 5.91 Å². The number of aryl methyl sites for hydroxylation is 1. The highest BCUT2D eigenvalue weighted by Gasteiger charge is 2.11. The van der Waals surface area contributed by atoms with Gasteiger partial charge in [0.1, 0.15) is 11.5 Å². The Labute approximate surface area is 119 Å². The van der Waals surface area contributed by atoms with E-state index in [-0.39, 0.29) is 11.7 Å². The molecular weight excluding hydrogens is 311 g/mol. The van der Waals surface area contributed by atoms with E-state index in [2.05, 4.69) is 28.2 Å². The highest BCUT2D eigenvalue weighted by molar-refractivity contribution is 9.10. The minimum absolute atomic E-state index is 0.197. The molecule has 0 saturated heterocycles. The van der Waals surface area contributed by atoms with E-state index in [4.69, 9.17) is 0 Å². The van der Waals surface area contributed by atoms with Crippen molar-refractivity contribution in [1.82, 2.24) is 4.57 Å². The number of benzene rings is 1. The molecule has 100 valence electrons. The first kappa shape index (κ1) is 13.8. The van der Waals surface area contributed by atoms with E-state index in [0.717, 1.165) is 13.0 Å². The second-order valence-electron chi connectivity index (χ2n) is 4.17. The molecule has 1 amide bonds. The Morgan fingerprint density at radius 1 is 1.42 bits per heavy atom. The van der Waals surface area contributed by atoms with Gasteiger partial charge in [0.2, 0.25) is 0 Å². The molecule has 0 radical (unpaired) electrons. The molecule has 19 heavy (non-hydrogen) atoms. The van der Waals surface area contributed by atoms with Crippen LogP contribution in [-0.2, 0) is 6.54 Å². The summed E-state index contributed by atoms with van der Waals surface area (Å²) in [4.78, 5) is 12.1. The van der Waals surface area contributed by atoms with Crippen molar-refractivity contribution in [3.05, 3.63) is 52.5 Å². The van der Waals surface area contributed by atoms with Crippen LogP contribution in [0.15, 0.2) is 41.0 Å². The van der Waals surface area contributed by atoms with E-state index < -0.39 is 0 Å². The summed E-state index contributed by atoms with van der Waals surface area (Å²) in [6.45, 7) is 2.85. The van der Waals surface area contributed by atoms with Crippen LogP contribution >= 0.6 is 15.9 Å². The quantitative estimate of drug-likeness (QED) is 0.904. The van der Waals surface area contributed by atoms with Gasteiger partial charge in [-0.3, -0.25) is 4.79 Å². The van der Waals surface area contributed by atoms with Crippen LogP contribution in [0, 0.1) is 5.82 Å². The molecule has 0 bridgehead atoms. The Kier molecular flexibility index (Phi) is 4.37. The Bertz CT molecular complexity index is 595. The number of halogens is 2. The topological polar surface area (TPSA) is 34.0 Å². The van der Waals surface area contributed by atoms with Crippen molar-refractivity contribution in [2.24, 2.45) is 0 Å². The number of rotatable bonds is 4. The summed E-state index contributed by atoms with van der Waals surface area (Å²) in [5, 5.41) is 2.75. The number of hydrogen-bond donors (Lipinski definition) is 1. The minimum atomic E-state index is -0.354. The van der Waals surface area contributed by atoms with Crippen molar-refractivity contribution >= 4 is 27.5 Å². The third-order valence-corrected chi connectivity index (χ3v) is 3.31. The third-order valence-electron chi connectivity index (χ3n) is 2.70. The van der Waals surface area contributed by atoms with Crippen molar-refractivity contribution in [2.75, 3.05) is 5.32 Å². The van der Waals surface area contributed by atoms with Gasteiger partial charge in [-0.15, -0.1) is 0 Å². The fourth-order valence-electron chi connectivity index (χ4n) is 1.83. The molecular formula is C14H14BrFN2O. The van der Waals surface area contributed by atoms with Crippen molar-refractivity contribution in [3.63, 3.8) is 0 Å². The molecule has 2 aromatic rings. The number of nitrogens with one attached hydrogen (secondary N) is 1. The lowest BCUT2D eigenvalue weighted by molar-refractivity contribution is 0.101. The molecule has 3 nitrogen and oxygen atoms in total. The minimum Gasteiger partial charge on any atom is -0.344 e. The molecule has 0 spiro atoms. The number of aromatic nitrogens is 1. The number of carbonyl (C=O) groups excluding carboxylic acids is 1. The number of carbonyl (C=O) groups is 1. The molecule has 5 heteroatoms. The van der Waals surface area contributed by atoms with Crippen LogP contribution in [0.25, 0.3) is 0 Å². The van der Waals surface area contributed by atoms with Crippen LogP contribution in [0.3, 0.4) is 0 Å². The molecule has 0 atom stereocenters. The van der Waals surface area contributed by atoms with Crippen LogP contribution in [0.2, 0.25) is 0 Å². The maximum Gasteiger partial charge on any atom is 0.272 e. The first-order valence-corrected chi connectivity index (χ1v) is 6.82. The molecule has 0 fully saturated rings. The van der Waals surface area contributed by atoms with Crippen LogP contribution in [0.1, 0.15) is 23.8 Å². The lowest BCUT2D eigenvalue weighted by Crippen LogP contribution is -2.16. The predicted molar refractivity (Wildman–Crippen MR) is 76.8 cm³/mol. The van der Waals surface area contributed by atoms with Gasteiger partial charge in [-0.25, -0.2) is 4.39 Å². The molecule has 0 aliphatic heterocycles. The SMILES string of the molecule is CCCn1cccc1C(=O)Nc1ccc(F)c(Br)c1. The molecule has 1 aromatic heterocycles. The lowest BCUT2D eigenvalue weighted by Gasteiger charge is -2.09. The molecule has 1 heterocycles. The van der Waals surface area contributed by atoms with Gasteiger partial charge < -0.3 is 9.88 Å². The van der Waals surface area contributed by atoms with E-state index in [0.29, 0.717) is 15.9 Å². The van der Waals surface area contributed by atoms with E-state index >= 15 is 0 Å². The largest absolute Gasteiger partial charge is 0.344 e. The average Bonchev–Trinajstić information content (AvgIpc) is 2.83. The van der Waals surface area contributed by atoms with Crippen LogP contribution in [0.5, 0.6) is 0 Å². The van der Waals surface area contributed by atoms with Crippen molar-refractivity contribution in [1.29, 1.82) is 0 Å². The third kappa shape index (κ3) is 3.23. The van der Waals surface area contributed by atoms with Gasteiger partial charge in [-0.2, -0.15) is 0 Å². The van der Waals surface area contributed by atoms with Gasteiger partial charge in [0.05, 0.1) is 4.47 Å². The summed E-state index contributed by atoms with van der Waals surface area (Å²) >= 11 is 3.09. The smallest absolute Gasteiger partial charge is 0.272 e. The summed E-state index contributed by atoms with van der Waals surface area (Å²) in [5.74, 6) is -0.552. The van der Waals surface area contributed by atoms with Crippen LogP contribution in [-0.4, -0.2) is 10.5 Å². The molecule has 0 aliphatic rings. The summed E-state index contributed by atoms with van der Waals surface area (Å²) in [6, 6.07) is 7.99. The second-order valence-corrected chi connectivity index (χ2v) is 5.02. The first-order valence-electron chi connectivity index (χ1n) is 6.03. The van der Waals surface area contributed by atoms with E-state index in [1.165, 1.54) is 12.1 Å². The van der Waals surface area contributed by atoms with Gasteiger partial charge >= 0.3 is 0 Å². The fraction of sp³-hybridized carbons (Fsp3) is 0.214. The Morgan fingerprint density at radius 3 is 2.89 bits per heavy atom. The van der Waals surface area contributed by atoms with E-state index in [1.54, 1.807) is 12.1 Å². The standard InChI is InChI=1S/C14H14BrFN2O/c1-2-7-18-8-3-4-13(18)14(19)17-10-5-6-12(16)11(15)9-10/h3-6,8-9H,2,7H2,1H3,(H,17,19). The second kappa shape index (κ2) is 6.02. The number of nitrogens with zero attached hydrogens (tertiary/aromatic N) is 1. The Morgan fingerprint density at radius 2 is 2.21 bits per heavy atom. The van der Waals surface area contributed by atoms with Gasteiger partial charge in [0.15, 0.2) is 0 Å². The van der Waals surface area contributed by atoms with Gasteiger partial charge in [0, 0.05) is 18.4 Å². The Hall–Kier alpha value is -1.62. The molecule has 0 unspecified atom stereocenters. The number of amides is 1. The summed E-state index contributed by atoms with van der Waals surface area (Å²) in [7, 11) is 0. The monoisotopic (exact) mass is 324 g/mol. The van der Waals surface area contributed by atoms with Crippen LogP contribution < -0.4 is 5.32 Å². The van der Waals surface area contributed by atoms with Crippen molar-refractivity contribution in [3.8, 4) is 0 Å². The molecule has 1 aromatic carbocycles. The zero-order valence-corrected chi connectivity index (χ0v) is 12.1. The van der Waals surface area contributed by atoms with Crippen molar-refractivity contribution < 1.29 is 9.18 Å². The highest BCUT2D eigenvalue weighted by atomic mass is 79.9. The zero-order chi connectivity index (χ0) is 13.8. The fourth-order valence-corrected chi connectivity index (χ4v) is 2.20. The lowest BCUT2D eigenvalue weighted by atomic mass is 10.3.